The molecule has 11 atom stereocenters. The average molecular weight is 965 g/mol. The summed E-state index contributed by atoms with van der Waals surface area (Å²) in [5.74, 6) is -6.19. The number of carbonyl (C=O) groups excluding carboxylic acids is 5. The van der Waals surface area contributed by atoms with Gasteiger partial charge in [0.15, 0.2) is 18.5 Å². The van der Waals surface area contributed by atoms with E-state index in [2.05, 4.69) is 5.32 Å². The molecule has 1 amide bonds. The zero-order chi connectivity index (χ0) is 49.3. The van der Waals surface area contributed by atoms with Crippen molar-refractivity contribution in [3.8, 4) is 0 Å². The molecule has 0 aliphatic carbocycles. The number of methoxy groups -OCH3 is 2. The molecule has 0 radical (unpaired) electrons. The number of ether oxygens (including phenoxy) is 12. The van der Waals surface area contributed by atoms with E-state index in [0.717, 1.165) is 44.6 Å². The molecule has 19 heteroatoms. The maximum atomic E-state index is 14.6. The lowest BCUT2D eigenvalue weighted by molar-refractivity contribution is -0.346. The first kappa shape index (κ1) is 53.0. The minimum absolute atomic E-state index is 0.113. The predicted molar refractivity (Wildman–Crippen MR) is 242 cm³/mol. The first-order chi connectivity index (χ1) is 33.3. The van der Waals surface area contributed by atoms with Gasteiger partial charge in [-0.2, -0.15) is 0 Å². The van der Waals surface area contributed by atoms with Crippen molar-refractivity contribution in [2.45, 2.75) is 121 Å². The van der Waals surface area contributed by atoms with Crippen LogP contribution in [0.25, 0.3) is 0 Å². The summed E-state index contributed by atoms with van der Waals surface area (Å²) in [6.07, 6.45) is -9.68. The molecule has 3 fully saturated rings. The Bertz CT molecular complexity index is 2090. The molecule has 1 N–H and O–H groups in total. The van der Waals surface area contributed by atoms with E-state index in [1.54, 1.807) is 0 Å². The zero-order valence-corrected chi connectivity index (χ0v) is 39.9. The van der Waals surface area contributed by atoms with Crippen molar-refractivity contribution < 1.29 is 80.8 Å². The first-order valence-corrected chi connectivity index (χ1v) is 22.9. The van der Waals surface area contributed by atoms with Crippen LogP contribution in [-0.2, 0) is 101 Å². The van der Waals surface area contributed by atoms with Crippen LogP contribution in [0.1, 0.15) is 50.8 Å². The predicted octanol–water partition coefficient (Wildman–Crippen LogP) is 3.42. The fraction of sp³-hybridized carbons (Fsp3) is 0.540. The molecule has 3 aliphatic heterocycles. The van der Waals surface area contributed by atoms with E-state index in [4.69, 9.17) is 56.8 Å². The SMILES string of the molecule is COC(=O)[C@]1(OC[C@H]2O[C@H](OC)[C@H](OCc3ccccc3)[C@@H](OCc3ccccc3)[C@@H]2OCc2ccccc2)C[C@H](N2CCOCC2)[C@@H](NC(C)=O)[C@H]([C@H](OC(C)=O)[C@@H](COC(C)=O)OC(C)=O)O1. The molecule has 0 bridgehead atoms. The largest absolute Gasteiger partial charge is 0.465 e. The topological polar surface area (TPSA) is 211 Å². The van der Waals surface area contributed by atoms with Gasteiger partial charge < -0.3 is 62.2 Å². The van der Waals surface area contributed by atoms with Gasteiger partial charge in [0.2, 0.25) is 5.91 Å². The molecule has 0 aromatic heterocycles. The maximum absolute atomic E-state index is 14.6. The Kier molecular flexibility index (Phi) is 20.0. The third-order valence-electron chi connectivity index (χ3n) is 11.9. The molecule has 69 heavy (non-hydrogen) atoms. The lowest BCUT2D eigenvalue weighted by Crippen LogP contribution is -2.72. The van der Waals surface area contributed by atoms with Crippen molar-refractivity contribution in [2.75, 3.05) is 53.7 Å². The summed E-state index contributed by atoms with van der Waals surface area (Å²) in [4.78, 5) is 67.4. The van der Waals surface area contributed by atoms with Gasteiger partial charge in [-0.15, -0.1) is 0 Å². The van der Waals surface area contributed by atoms with Gasteiger partial charge in [0.25, 0.3) is 5.79 Å². The molecule has 19 nitrogen and oxygen atoms in total. The first-order valence-electron chi connectivity index (χ1n) is 22.9. The summed E-state index contributed by atoms with van der Waals surface area (Å²) in [7, 11) is 2.64. The van der Waals surface area contributed by atoms with Crippen LogP contribution in [0.15, 0.2) is 91.0 Å². The number of hydrogen-bond donors (Lipinski definition) is 1. The molecule has 3 aliphatic rings. The van der Waals surface area contributed by atoms with Gasteiger partial charge in [-0.25, -0.2) is 4.79 Å². The summed E-state index contributed by atoms with van der Waals surface area (Å²) in [6, 6.07) is 26.9. The highest BCUT2D eigenvalue weighted by molar-refractivity contribution is 5.78. The Labute approximate surface area is 402 Å². The quantitative estimate of drug-likeness (QED) is 0.113. The number of esters is 4. The van der Waals surface area contributed by atoms with E-state index in [1.165, 1.54) is 14.0 Å². The number of nitrogens with zero attached hydrogens (tertiary/aromatic N) is 1. The van der Waals surface area contributed by atoms with Crippen molar-refractivity contribution in [3.63, 3.8) is 0 Å². The number of rotatable bonds is 22. The highest BCUT2D eigenvalue weighted by Crippen LogP contribution is 2.40. The highest BCUT2D eigenvalue weighted by atomic mass is 16.8. The van der Waals surface area contributed by atoms with Gasteiger partial charge >= 0.3 is 23.9 Å². The molecular weight excluding hydrogens is 901 g/mol. The zero-order valence-electron chi connectivity index (χ0n) is 39.9. The second kappa shape index (κ2) is 26.0. The lowest BCUT2D eigenvalue weighted by Gasteiger charge is -2.52. The lowest BCUT2D eigenvalue weighted by atomic mass is 9.85. The number of carbonyl (C=O) groups is 5. The van der Waals surface area contributed by atoms with Crippen LogP contribution in [0.5, 0.6) is 0 Å². The standard InChI is InChI=1S/C50H64N2O17/c1-32(53)51-42-39(52-22-24-60-25-23-52)26-50(49(57)59-6,69-45(42)44(67-35(4)56)40(66-34(3)55)30-61-33(2)54)65-31-41-43(62-27-36-16-10-7-11-17-36)46(63-28-37-18-12-8-13-19-37)47(48(58-5)68-41)64-29-38-20-14-9-15-21-38/h7-21,39-48H,22-31H2,1-6H3,(H,51,53)/t39-,40+,41+,42+,43+,44+,45+,46-,47+,48-,50-/m0/s1. The Balaban J connectivity index is 1.43. The van der Waals surface area contributed by atoms with Crippen molar-refractivity contribution in [1.29, 1.82) is 0 Å². The molecule has 6 rings (SSSR count). The minimum atomic E-state index is -2.34. The summed E-state index contributed by atoms with van der Waals surface area (Å²) in [6.45, 7) is 5.47. The van der Waals surface area contributed by atoms with E-state index in [0.29, 0.717) is 26.3 Å². The molecule has 3 aromatic rings. The molecule has 0 spiro atoms. The van der Waals surface area contributed by atoms with Gasteiger partial charge in [0.1, 0.15) is 37.1 Å². The summed E-state index contributed by atoms with van der Waals surface area (Å²) < 4.78 is 74.3. The second-order valence-corrected chi connectivity index (χ2v) is 16.9. The van der Waals surface area contributed by atoms with E-state index < -0.39 is 110 Å². The van der Waals surface area contributed by atoms with Crippen molar-refractivity contribution in [3.05, 3.63) is 108 Å². The fourth-order valence-corrected chi connectivity index (χ4v) is 8.79. The molecular formula is C50H64N2O17. The van der Waals surface area contributed by atoms with Crippen LogP contribution in [0.3, 0.4) is 0 Å². The van der Waals surface area contributed by atoms with Crippen LogP contribution < -0.4 is 5.32 Å². The number of hydrogen-bond acceptors (Lipinski definition) is 18. The third kappa shape index (κ3) is 14.8. The van der Waals surface area contributed by atoms with Gasteiger partial charge in [-0.1, -0.05) is 91.0 Å². The van der Waals surface area contributed by atoms with Gasteiger partial charge in [-0.3, -0.25) is 24.1 Å². The number of amides is 1. The molecule has 3 saturated heterocycles. The summed E-state index contributed by atoms with van der Waals surface area (Å²) >= 11 is 0. The summed E-state index contributed by atoms with van der Waals surface area (Å²) in [5, 5.41) is 2.94. The van der Waals surface area contributed by atoms with E-state index >= 15 is 0 Å². The van der Waals surface area contributed by atoms with E-state index in [1.807, 2.05) is 95.9 Å². The van der Waals surface area contributed by atoms with E-state index in [-0.39, 0.29) is 26.2 Å². The van der Waals surface area contributed by atoms with Gasteiger partial charge in [0.05, 0.1) is 52.8 Å². The number of nitrogens with one attached hydrogen (secondary N) is 1. The Morgan fingerprint density at radius 1 is 0.710 bits per heavy atom. The van der Waals surface area contributed by atoms with Crippen LogP contribution in [0, 0.1) is 0 Å². The minimum Gasteiger partial charge on any atom is -0.465 e. The second-order valence-electron chi connectivity index (χ2n) is 16.9. The highest BCUT2D eigenvalue weighted by Gasteiger charge is 2.60. The molecule has 3 aromatic carbocycles. The normalized spacial score (nSPS) is 27.0. The fourth-order valence-electron chi connectivity index (χ4n) is 8.79. The van der Waals surface area contributed by atoms with Gasteiger partial charge in [-0.05, 0) is 16.7 Å². The Hall–Kier alpha value is -5.35. The smallest absolute Gasteiger partial charge is 0.366 e. The summed E-state index contributed by atoms with van der Waals surface area (Å²) in [5.41, 5.74) is 2.63. The van der Waals surface area contributed by atoms with Crippen molar-refractivity contribution >= 4 is 29.8 Å². The Morgan fingerprint density at radius 2 is 1.25 bits per heavy atom. The number of morpholine rings is 1. The van der Waals surface area contributed by atoms with Crippen LogP contribution in [0.2, 0.25) is 0 Å². The maximum Gasteiger partial charge on any atom is 0.366 e. The van der Waals surface area contributed by atoms with E-state index in [9.17, 15) is 24.0 Å². The van der Waals surface area contributed by atoms with Crippen LogP contribution in [-0.4, -0.2) is 155 Å². The monoisotopic (exact) mass is 964 g/mol. The Morgan fingerprint density at radius 3 is 1.74 bits per heavy atom. The molecule has 0 unspecified atom stereocenters. The van der Waals surface area contributed by atoms with Crippen LogP contribution in [0.4, 0.5) is 0 Å². The van der Waals surface area contributed by atoms with Gasteiger partial charge in [0, 0.05) is 60.4 Å². The third-order valence-corrected chi connectivity index (χ3v) is 11.9. The van der Waals surface area contributed by atoms with Crippen molar-refractivity contribution in [2.24, 2.45) is 0 Å². The van der Waals surface area contributed by atoms with Crippen LogP contribution >= 0.6 is 0 Å². The van der Waals surface area contributed by atoms with Crippen molar-refractivity contribution in [1.82, 2.24) is 10.2 Å². The number of benzene rings is 3. The molecule has 0 saturated carbocycles. The molecule has 3 heterocycles. The molecule has 376 valence electrons. The average Bonchev–Trinajstić information content (AvgIpc) is 3.35.